The topological polar surface area (TPSA) is 34.6 Å². The Labute approximate surface area is 113 Å². The number of alkyl halides is 1. The Morgan fingerprint density at radius 1 is 1.28 bits per heavy atom. The molecule has 0 radical (unpaired) electrons. The Balaban J connectivity index is 2.20. The number of hydrogen-bond donors (Lipinski definition) is 0. The fourth-order valence-electron chi connectivity index (χ4n) is 2.34. The molecule has 0 bridgehead atoms. The normalized spacial score (nSPS) is 23.7. The van der Waals surface area contributed by atoms with Gasteiger partial charge < -0.3 is 14.4 Å². The van der Waals surface area contributed by atoms with E-state index in [9.17, 15) is 0 Å². The number of hydrogen-bond acceptors (Lipinski definition) is 4. The lowest BCUT2D eigenvalue weighted by Crippen LogP contribution is -2.27. The fraction of sp³-hybridized carbons (Fsp3) is 0.615. The highest BCUT2D eigenvalue weighted by Crippen LogP contribution is 2.23. The summed E-state index contributed by atoms with van der Waals surface area (Å²) < 4.78 is 10.9. The van der Waals surface area contributed by atoms with Gasteiger partial charge in [-0.05, 0) is 24.6 Å². The number of anilines is 1. The van der Waals surface area contributed by atoms with Crippen LogP contribution in [0, 0.1) is 6.92 Å². The summed E-state index contributed by atoms with van der Waals surface area (Å²) >= 11 is 5.89. The van der Waals surface area contributed by atoms with Gasteiger partial charge >= 0.3 is 0 Å². The molecule has 2 rings (SSSR count). The molecule has 4 nitrogen and oxygen atoms in total. The summed E-state index contributed by atoms with van der Waals surface area (Å²) in [6, 6.07) is 4.04. The van der Waals surface area contributed by atoms with Gasteiger partial charge in [0.15, 0.2) is 0 Å². The number of ether oxygens (including phenoxy) is 2. The van der Waals surface area contributed by atoms with E-state index in [4.69, 9.17) is 21.1 Å². The van der Waals surface area contributed by atoms with Crippen LogP contribution in [0.1, 0.15) is 11.3 Å². The van der Waals surface area contributed by atoms with Gasteiger partial charge in [-0.3, -0.25) is 0 Å². The molecule has 0 amide bonds. The molecule has 1 aromatic heterocycles. The number of nitrogens with zero attached hydrogens (tertiary/aromatic N) is 2. The first-order valence-electron chi connectivity index (χ1n) is 6.02. The summed E-state index contributed by atoms with van der Waals surface area (Å²) in [5.41, 5.74) is 2.08. The summed E-state index contributed by atoms with van der Waals surface area (Å²) in [6.07, 6.45) is 0.188. The van der Waals surface area contributed by atoms with Gasteiger partial charge in [-0.2, -0.15) is 0 Å². The van der Waals surface area contributed by atoms with Crippen LogP contribution in [0.25, 0.3) is 0 Å². The zero-order chi connectivity index (χ0) is 13.1. The average molecular weight is 271 g/mol. The number of methoxy groups -OCH3 is 2. The van der Waals surface area contributed by atoms with Gasteiger partial charge in [-0.1, -0.05) is 0 Å². The fourth-order valence-corrected chi connectivity index (χ4v) is 2.50. The van der Waals surface area contributed by atoms with E-state index in [-0.39, 0.29) is 12.2 Å². The summed E-state index contributed by atoms with van der Waals surface area (Å²) in [5, 5.41) is 0. The Morgan fingerprint density at radius 2 is 1.89 bits per heavy atom. The molecule has 0 aliphatic carbocycles. The first kappa shape index (κ1) is 13.6. The van der Waals surface area contributed by atoms with Crippen molar-refractivity contribution in [2.45, 2.75) is 25.0 Å². The molecule has 2 atom stereocenters. The maximum Gasteiger partial charge on any atom is 0.129 e. The van der Waals surface area contributed by atoms with Crippen molar-refractivity contribution in [2.75, 3.05) is 32.2 Å². The Hall–Kier alpha value is -0.840. The molecule has 0 aromatic carbocycles. The lowest BCUT2D eigenvalue weighted by atomic mass is 10.2. The van der Waals surface area contributed by atoms with E-state index >= 15 is 0 Å². The van der Waals surface area contributed by atoms with Crippen molar-refractivity contribution in [3.05, 3.63) is 23.4 Å². The molecular formula is C13H19ClN2O2. The molecule has 2 heterocycles. The minimum Gasteiger partial charge on any atom is -0.377 e. The van der Waals surface area contributed by atoms with Crippen LogP contribution in [0.5, 0.6) is 0 Å². The van der Waals surface area contributed by atoms with Crippen LogP contribution >= 0.6 is 11.6 Å². The summed E-state index contributed by atoms with van der Waals surface area (Å²) in [6.45, 7) is 3.58. The average Bonchev–Trinajstić information content (AvgIpc) is 2.81. The van der Waals surface area contributed by atoms with Crippen LogP contribution in [0.4, 0.5) is 5.82 Å². The molecule has 1 fully saturated rings. The van der Waals surface area contributed by atoms with E-state index in [1.165, 1.54) is 0 Å². The predicted molar refractivity (Wildman–Crippen MR) is 72.3 cm³/mol. The third-order valence-corrected chi connectivity index (χ3v) is 3.61. The molecule has 1 saturated heterocycles. The SMILES string of the molecule is COC1CN(c2cc(CCl)cc(C)n2)CC1OC. The van der Waals surface area contributed by atoms with E-state index in [2.05, 4.69) is 9.88 Å². The summed E-state index contributed by atoms with van der Waals surface area (Å²) in [5.74, 6) is 1.46. The van der Waals surface area contributed by atoms with Gasteiger partial charge in [0.05, 0.1) is 0 Å². The number of rotatable bonds is 4. The number of halogens is 1. The smallest absolute Gasteiger partial charge is 0.129 e. The van der Waals surface area contributed by atoms with E-state index < -0.39 is 0 Å². The molecule has 1 aromatic rings. The molecule has 5 heteroatoms. The number of pyridine rings is 1. The lowest BCUT2D eigenvalue weighted by Gasteiger charge is -2.18. The second kappa shape index (κ2) is 5.87. The molecule has 1 aliphatic rings. The van der Waals surface area contributed by atoms with Crippen molar-refractivity contribution in [3.8, 4) is 0 Å². The molecule has 0 spiro atoms. The molecule has 18 heavy (non-hydrogen) atoms. The van der Waals surface area contributed by atoms with Crippen molar-refractivity contribution in [2.24, 2.45) is 0 Å². The first-order chi connectivity index (χ1) is 8.67. The monoisotopic (exact) mass is 270 g/mol. The van der Waals surface area contributed by atoms with E-state index in [0.717, 1.165) is 30.2 Å². The van der Waals surface area contributed by atoms with Gasteiger partial charge in [0.1, 0.15) is 18.0 Å². The predicted octanol–water partition coefficient (Wildman–Crippen LogP) is 1.98. The molecule has 0 saturated carbocycles. The minimum absolute atomic E-state index is 0.0942. The van der Waals surface area contributed by atoms with Crippen molar-refractivity contribution >= 4 is 17.4 Å². The van der Waals surface area contributed by atoms with Crippen molar-refractivity contribution < 1.29 is 9.47 Å². The Morgan fingerprint density at radius 3 is 2.39 bits per heavy atom. The largest absolute Gasteiger partial charge is 0.377 e. The van der Waals surface area contributed by atoms with Crippen LogP contribution in [-0.2, 0) is 15.4 Å². The Kier molecular flexibility index (Phi) is 4.43. The van der Waals surface area contributed by atoms with E-state index in [0.29, 0.717) is 5.88 Å². The van der Waals surface area contributed by atoms with Crippen molar-refractivity contribution in [1.82, 2.24) is 4.98 Å². The Bertz CT molecular complexity index is 402. The highest BCUT2D eigenvalue weighted by atomic mass is 35.5. The van der Waals surface area contributed by atoms with Crippen molar-refractivity contribution in [3.63, 3.8) is 0 Å². The highest BCUT2D eigenvalue weighted by Gasteiger charge is 2.33. The summed E-state index contributed by atoms with van der Waals surface area (Å²) in [7, 11) is 3.43. The molecule has 0 N–H and O–H groups in total. The van der Waals surface area contributed by atoms with E-state index in [1.807, 2.05) is 19.1 Å². The van der Waals surface area contributed by atoms with Crippen LogP contribution < -0.4 is 4.90 Å². The second-order valence-electron chi connectivity index (χ2n) is 4.56. The van der Waals surface area contributed by atoms with E-state index in [1.54, 1.807) is 14.2 Å². The molecule has 2 unspecified atom stereocenters. The van der Waals surface area contributed by atoms with Crippen LogP contribution in [-0.4, -0.2) is 44.5 Å². The summed E-state index contributed by atoms with van der Waals surface area (Å²) in [4.78, 5) is 6.74. The zero-order valence-electron chi connectivity index (χ0n) is 11.0. The number of aromatic nitrogens is 1. The molecule has 100 valence electrons. The third kappa shape index (κ3) is 2.76. The van der Waals surface area contributed by atoms with Crippen LogP contribution in [0.3, 0.4) is 0 Å². The zero-order valence-corrected chi connectivity index (χ0v) is 11.8. The van der Waals surface area contributed by atoms with Gasteiger partial charge in [-0.25, -0.2) is 4.98 Å². The van der Waals surface area contributed by atoms with Gasteiger partial charge in [-0.15, -0.1) is 11.6 Å². The lowest BCUT2D eigenvalue weighted by molar-refractivity contribution is -0.00461. The van der Waals surface area contributed by atoms with Gasteiger partial charge in [0, 0.05) is 38.9 Å². The van der Waals surface area contributed by atoms with Crippen LogP contribution in [0.15, 0.2) is 12.1 Å². The van der Waals surface area contributed by atoms with Crippen molar-refractivity contribution in [1.29, 1.82) is 0 Å². The van der Waals surface area contributed by atoms with Crippen LogP contribution in [0.2, 0.25) is 0 Å². The maximum atomic E-state index is 5.89. The van der Waals surface area contributed by atoms with Gasteiger partial charge in [0.25, 0.3) is 0 Å². The minimum atomic E-state index is 0.0942. The first-order valence-corrected chi connectivity index (χ1v) is 6.55. The molecular weight excluding hydrogens is 252 g/mol. The second-order valence-corrected chi connectivity index (χ2v) is 4.83. The number of aryl methyl sites for hydroxylation is 1. The highest BCUT2D eigenvalue weighted by molar-refractivity contribution is 6.17. The maximum absolute atomic E-state index is 5.89. The third-order valence-electron chi connectivity index (χ3n) is 3.30. The van der Waals surface area contributed by atoms with Gasteiger partial charge in [0.2, 0.25) is 0 Å². The molecule has 1 aliphatic heterocycles. The quantitative estimate of drug-likeness (QED) is 0.784. The standard InChI is InChI=1S/C13H19ClN2O2/c1-9-4-10(6-14)5-13(15-9)16-7-11(17-2)12(8-16)18-3/h4-5,11-12H,6-8H2,1-3H3.